The molecule has 0 unspecified atom stereocenters. The summed E-state index contributed by atoms with van der Waals surface area (Å²) in [7, 11) is 0. The van der Waals surface area contributed by atoms with Crippen LogP contribution in [0.1, 0.15) is 46.4 Å². The van der Waals surface area contributed by atoms with E-state index in [1.165, 1.54) is 0 Å². The molecule has 1 rings (SSSR count). The van der Waals surface area contributed by atoms with E-state index in [1.807, 2.05) is 0 Å². The van der Waals surface area contributed by atoms with E-state index in [2.05, 4.69) is 42.5 Å². The van der Waals surface area contributed by atoms with Crippen molar-refractivity contribution in [3.63, 3.8) is 0 Å². The zero-order valence-corrected chi connectivity index (χ0v) is 10.2. The van der Waals surface area contributed by atoms with Crippen LogP contribution in [-0.4, -0.2) is 14.8 Å². The first kappa shape index (κ1) is 12.2. The summed E-state index contributed by atoms with van der Waals surface area (Å²) in [6, 6.07) is 0. The van der Waals surface area contributed by atoms with Crippen LogP contribution >= 0.6 is 0 Å². The monoisotopic (exact) mass is 210 g/mol. The molecule has 4 heteroatoms. The summed E-state index contributed by atoms with van der Waals surface area (Å²) >= 11 is 0. The quantitative estimate of drug-likeness (QED) is 0.807. The topological polar surface area (TPSA) is 56.7 Å². The van der Waals surface area contributed by atoms with Gasteiger partial charge in [-0.15, -0.1) is 10.2 Å². The minimum atomic E-state index is -0.328. The number of hydrogen-bond donors (Lipinski definition) is 1. The van der Waals surface area contributed by atoms with Gasteiger partial charge in [-0.25, -0.2) is 0 Å². The molecule has 0 bridgehead atoms. The number of nitrogens with zero attached hydrogens (tertiary/aromatic N) is 3. The summed E-state index contributed by atoms with van der Waals surface area (Å²) in [5, 5.41) is 8.14. The molecule has 0 spiro atoms. The van der Waals surface area contributed by atoms with E-state index in [0.717, 1.165) is 25.2 Å². The first-order chi connectivity index (χ1) is 7.03. The van der Waals surface area contributed by atoms with Gasteiger partial charge in [0.05, 0.1) is 5.54 Å². The maximum absolute atomic E-state index is 6.32. The lowest BCUT2D eigenvalue weighted by molar-refractivity contribution is 0.357. The summed E-state index contributed by atoms with van der Waals surface area (Å²) in [6.45, 7) is 9.48. The molecule has 0 aliphatic carbocycles. The van der Waals surface area contributed by atoms with Gasteiger partial charge < -0.3 is 10.3 Å². The standard InChI is InChI=1S/C11H22N4/c1-5-11(12,6-2)10-14-13-8-15(10)7-9(3)4/h8-9H,5-7,12H2,1-4H3. The summed E-state index contributed by atoms with van der Waals surface area (Å²) in [4.78, 5) is 0. The Morgan fingerprint density at radius 1 is 1.40 bits per heavy atom. The van der Waals surface area contributed by atoms with Gasteiger partial charge in [0, 0.05) is 6.54 Å². The highest BCUT2D eigenvalue weighted by Gasteiger charge is 2.28. The third-order valence-corrected chi connectivity index (χ3v) is 2.88. The van der Waals surface area contributed by atoms with Crippen LogP contribution in [0.2, 0.25) is 0 Å². The lowest BCUT2D eigenvalue weighted by atomic mass is 9.93. The molecule has 1 aromatic rings. The second kappa shape index (κ2) is 4.75. The summed E-state index contributed by atoms with van der Waals surface area (Å²) in [6.07, 6.45) is 3.56. The zero-order valence-electron chi connectivity index (χ0n) is 10.2. The predicted octanol–water partition coefficient (Wildman–Crippen LogP) is 1.91. The Balaban J connectivity index is 2.98. The van der Waals surface area contributed by atoms with Crippen molar-refractivity contribution in [2.45, 2.75) is 52.6 Å². The van der Waals surface area contributed by atoms with Crippen molar-refractivity contribution in [1.82, 2.24) is 14.8 Å². The molecule has 0 fully saturated rings. The maximum Gasteiger partial charge on any atom is 0.152 e. The van der Waals surface area contributed by atoms with Crippen LogP contribution in [0.3, 0.4) is 0 Å². The van der Waals surface area contributed by atoms with Crippen LogP contribution in [0, 0.1) is 5.92 Å². The fraction of sp³-hybridized carbons (Fsp3) is 0.818. The van der Waals surface area contributed by atoms with Gasteiger partial charge in [0.15, 0.2) is 5.82 Å². The Morgan fingerprint density at radius 3 is 2.47 bits per heavy atom. The van der Waals surface area contributed by atoms with E-state index in [1.54, 1.807) is 6.33 Å². The third-order valence-electron chi connectivity index (χ3n) is 2.88. The van der Waals surface area contributed by atoms with Gasteiger partial charge in [-0.2, -0.15) is 0 Å². The van der Waals surface area contributed by atoms with E-state index < -0.39 is 0 Å². The molecule has 1 heterocycles. The Bertz CT molecular complexity index is 299. The van der Waals surface area contributed by atoms with E-state index in [9.17, 15) is 0 Å². The lowest BCUT2D eigenvalue weighted by Gasteiger charge is -2.26. The average Bonchev–Trinajstić information content (AvgIpc) is 2.64. The average molecular weight is 210 g/mol. The molecule has 0 saturated heterocycles. The van der Waals surface area contributed by atoms with Gasteiger partial charge in [-0.05, 0) is 18.8 Å². The molecule has 0 atom stereocenters. The molecule has 0 saturated carbocycles. The summed E-state index contributed by atoms with van der Waals surface area (Å²) in [5.74, 6) is 1.50. The fourth-order valence-corrected chi connectivity index (χ4v) is 1.73. The smallest absolute Gasteiger partial charge is 0.152 e. The highest BCUT2D eigenvalue weighted by Crippen LogP contribution is 2.23. The van der Waals surface area contributed by atoms with E-state index in [-0.39, 0.29) is 5.54 Å². The van der Waals surface area contributed by atoms with Crippen LogP contribution in [0.4, 0.5) is 0 Å². The SMILES string of the molecule is CCC(N)(CC)c1nncn1CC(C)C. The van der Waals surface area contributed by atoms with Crippen molar-refractivity contribution in [2.24, 2.45) is 11.7 Å². The molecule has 0 aliphatic heterocycles. The molecular formula is C11H22N4. The van der Waals surface area contributed by atoms with Crippen molar-refractivity contribution in [2.75, 3.05) is 0 Å². The van der Waals surface area contributed by atoms with Gasteiger partial charge in [-0.3, -0.25) is 0 Å². The number of rotatable bonds is 5. The molecule has 4 nitrogen and oxygen atoms in total. The predicted molar refractivity (Wildman–Crippen MR) is 61.3 cm³/mol. The van der Waals surface area contributed by atoms with Gasteiger partial charge in [0.1, 0.15) is 6.33 Å². The molecule has 0 amide bonds. The van der Waals surface area contributed by atoms with Crippen LogP contribution in [0.25, 0.3) is 0 Å². The van der Waals surface area contributed by atoms with Crippen LogP contribution in [0.15, 0.2) is 6.33 Å². The minimum absolute atomic E-state index is 0.328. The highest BCUT2D eigenvalue weighted by atomic mass is 15.3. The van der Waals surface area contributed by atoms with E-state index in [0.29, 0.717) is 5.92 Å². The number of hydrogen-bond acceptors (Lipinski definition) is 3. The molecule has 0 radical (unpaired) electrons. The highest BCUT2D eigenvalue weighted by molar-refractivity contribution is 5.04. The first-order valence-electron chi connectivity index (χ1n) is 5.70. The van der Waals surface area contributed by atoms with Gasteiger partial charge in [0.2, 0.25) is 0 Å². The number of aromatic nitrogens is 3. The molecule has 15 heavy (non-hydrogen) atoms. The molecule has 86 valence electrons. The van der Waals surface area contributed by atoms with Crippen molar-refractivity contribution in [3.8, 4) is 0 Å². The zero-order chi connectivity index (χ0) is 11.5. The van der Waals surface area contributed by atoms with Crippen molar-refractivity contribution in [1.29, 1.82) is 0 Å². The van der Waals surface area contributed by atoms with Crippen LogP contribution in [-0.2, 0) is 12.1 Å². The lowest BCUT2D eigenvalue weighted by Crippen LogP contribution is -2.38. The summed E-state index contributed by atoms with van der Waals surface area (Å²) < 4.78 is 2.08. The first-order valence-corrected chi connectivity index (χ1v) is 5.70. The van der Waals surface area contributed by atoms with Crippen molar-refractivity contribution >= 4 is 0 Å². The van der Waals surface area contributed by atoms with Crippen LogP contribution in [0.5, 0.6) is 0 Å². The van der Waals surface area contributed by atoms with Crippen molar-refractivity contribution < 1.29 is 0 Å². The van der Waals surface area contributed by atoms with Gasteiger partial charge in [-0.1, -0.05) is 27.7 Å². The van der Waals surface area contributed by atoms with E-state index >= 15 is 0 Å². The largest absolute Gasteiger partial charge is 0.319 e. The Hall–Kier alpha value is -0.900. The fourth-order valence-electron chi connectivity index (χ4n) is 1.73. The molecule has 2 N–H and O–H groups in total. The van der Waals surface area contributed by atoms with Gasteiger partial charge >= 0.3 is 0 Å². The minimum Gasteiger partial charge on any atom is -0.319 e. The Kier molecular flexibility index (Phi) is 3.85. The van der Waals surface area contributed by atoms with Gasteiger partial charge in [0.25, 0.3) is 0 Å². The molecule has 1 aromatic heterocycles. The number of nitrogens with two attached hydrogens (primary N) is 1. The second-order valence-corrected chi connectivity index (χ2v) is 4.56. The normalized spacial score (nSPS) is 12.4. The van der Waals surface area contributed by atoms with Crippen molar-refractivity contribution in [3.05, 3.63) is 12.2 Å². The maximum atomic E-state index is 6.32. The summed E-state index contributed by atoms with van der Waals surface area (Å²) in [5.41, 5.74) is 5.99. The molecule has 0 aromatic carbocycles. The second-order valence-electron chi connectivity index (χ2n) is 4.56. The van der Waals surface area contributed by atoms with E-state index in [4.69, 9.17) is 5.73 Å². The van der Waals surface area contributed by atoms with Crippen LogP contribution < -0.4 is 5.73 Å². The Morgan fingerprint density at radius 2 is 2.00 bits per heavy atom. The Labute approximate surface area is 91.9 Å². The third kappa shape index (κ3) is 2.56. The molecular weight excluding hydrogens is 188 g/mol. The molecule has 0 aliphatic rings.